The maximum Gasteiger partial charge on any atom is 0.311 e. The largest absolute Gasteiger partial charge is 0.490 e. The molecular weight excluding hydrogens is 222 g/mol. The van der Waals surface area contributed by atoms with Crippen LogP contribution >= 0.6 is 0 Å². The van der Waals surface area contributed by atoms with Gasteiger partial charge in [-0.3, -0.25) is 20.2 Å². The number of rotatable bonds is 4. The third-order valence-corrected chi connectivity index (χ3v) is 2.24. The summed E-state index contributed by atoms with van der Waals surface area (Å²) in [5.74, 6) is 0.229. The molecule has 0 amide bonds. The van der Waals surface area contributed by atoms with Gasteiger partial charge in [-0.1, -0.05) is 0 Å². The smallest absolute Gasteiger partial charge is 0.311 e. The van der Waals surface area contributed by atoms with Crippen molar-refractivity contribution in [2.75, 3.05) is 12.5 Å². The van der Waals surface area contributed by atoms with E-state index in [4.69, 9.17) is 4.74 Å². The first-order valence-electron chi connectivity index (χ1n) is 4.93. The number of nitrogens with one attached hydrogen (secondary N) is 1. The van der Waals surface area contributed by atoms with Crippen molar-refractivity contribution >= 4 is 11.4 Å². The highest BCUT2D eigenvalue weighted by molar-refractivity contribution is 5.57. The lowest BCUT2D eigenvalue weighted by Crippen LogP contribution is -2.06. The van der Waals surface area contributed by atoms with Crippen molar-refractivity contribution in [2.45, 2.75) is 0 Å². The molecule has 0 radical (unpaired) electrons. The molecule has 0 unspecified atom stereocenters. The second kappa shape index (κ2) is 4.56. The molecule has 88 valence electrons. The second-order valence-corrected chi connectivity index (χ2v) is 3.35. The summed E-state index contributed by atoms with van der Waals surface area (Å²) in [6, 6.07) is 8.36. The lowest BCUT2D eigenvalue weighted by atomic mass is 10.2. The number of ether oxygens (including phenoxy) is 1. The Morgan fingerprint density at radius 3 is 2.65 bits per heavy atom. The minimum Gasteiger partial charge on any atom is -0.490 e. The molecule has 0 atom stereocenters. The normalized spacial score (nSPS) is 9.94. The molecule has 2 aromatic rings. The number of hydrogen-bond donors (Lipinski definition) is 1. The summed E-state index contributed by atoms with van der Waals surface area (Å²) >= 11 is 0. The van der Waals surface area contributed by atoms with Gasteiger partial charge in [0.2, 0.25) is 0 Å². The fraction of sp³-hybridized carbons (Fsp3) is 0.0909. The lowest BCUT2D eigenvalue weighted by molar-refractivity contribution is -0.385. The Morgan fingerprint density at radius 1 is 1.35 bits per heavy atom. The highest BCUT2D eigenvalue weighted by atomic mass is 16.6. The Balaban J connectivity index is 2.28. The molecule has 0 saturated heterocycles. The summed E-state index contributed by atoms with van der Waals surface area (Å²) in [6.07, 6.45) is 3.65. The van der Waals surface area contributed by atoms with Crippen LogP contribution in [0.5, 0.6) is 5.75 Å². The van der Waals surface area contributed by atoms with E-state index in [0.717, 1.165) is 0 Å². The van der Waals surface area contributed by atoms with Crippen LogP contribution in [0.15, 0.2) is 42.7 Å². The van der Waals surface area contributed by atoms with E-state index < -0.39 is 4.92 Å². The van der Waals surface area contributed by atoms with Gasteiger partial charge in [-0.25, -0.2) is 0 Å². The van der Waals surface area contributed by atoms with Gasteiger partial charge in [0.15, 0.2) is 5.75 Å². The number of benzene rings is 1. The van der Waals surface area contributed by atoms with E-state index in [-0.39, 0.29) is 11.4 Å². The van der Waals surface area contributed by atoms with Crippen LogP contribution < -0.4 is 10.2 Å². The number of hydrogen-bond acceptors (Lipinski definition) is 4. The molecule has 2 rings (SSSR count). The van der Waals surface area contributed by atoms with Crippen molar-refractivity contribution < 1.29 is 9.66 Å². The van der Waals surface area contributed by atoms with Gasteiger partial charge < -0.3 is 4.74 Å². The van der Waals surface area contributed by atoms with Gasteiger partial charge in [0, 0.05) is 24.5 Å². The quantitative estimate of drug-likeness (QED) is 0.649. The summed E-state index contributed by atoms with van der Waals surface area (Å²) in [6.45, 7) is 0. The number of nitro benzene ring substituents is 1. The van der Waals surface area contributed by atoms with Crippen molar-refractivity contribution in [2.24, 2.45) is 0 Å². The molecule has 17 heavy (non-hydrogen) atoms. The molecule has 1 aromatic heterocycles. The Morgan fingerprint density at radius 2 is 2.06 bits per heavy atom. The van der Waals surface area contributed by atoms with Crippen molar-refractivity contribution in [3.63, 3.8) is 0 Å². The van der Waals surface area contributed by atoms with E-state index in [2.05, 4.69) is 5.43 Å². The zero-order valence-electron chi connectivity index (χ0n) is 9.16. The average molecular weight is 233 g/mol. The van der Waals surface area contributed by atoms with Crippen molar-refractivity contribution in [3.8, 4) is 5.75 Å². The van der Waals surface area contributed by atoms with E-state index in [1.165, 1.54) is 13.2 Å². The van der Waals surface area contributed by atoms with Crippen LogP contribution in [-0.2, 0) is 0 Å². The van der Waals surface area contributed by atoms with Gasteiger partial charge in [0.25, 0.3) is 0 Å². The number of aromatic nitrogens is 1. The van der Waals surface area contributed by atoms with E-state index in [1.54, 1.807) is 16.8 Å². The van der Waals surface area contributed by atoms with Gasteiger partial charge in [-0.15, -0.1) is 0 Å². The van der Waals surface area contributed by atoms with Crippen LogP contribution in [0.25, 0.3) is 0 Å². The molecule has 0 fully saturated rings. The minimum atomic E-state index is -0.474. The first-order valence-corrected chi connectivity index (χ1v) is 4.93. The van der Waals surface area contributed by atoms with Gasteiger partial charge >= 0.3 is 5.69 Å². The van der Waals surface area contributed by atoms with E-state index in [9.17, 15) is 10.1 Å². The number of nitrogens with zero attached hydrogens (tertiary/aromatic N) is 2. The summed E-state index contributed by atoms with van der Waals surface area (Å²) in [7, 11) is 1.40. The maximum atomic E-state index is 10.7. The highest BCUT2D eigenvalue weighted by Crippen LogP contribution is 2.29. The first-order chi connectivity index (χ1) is 8.20. The zero-order chi connectivity index (χ0) is 12.3. The number of methoxy groups -OCH3 is 1. The fourth-order valence-corrected chi connectivity index (χ4v) is 1.46. The predicted molar refractivity (Wildman–Crippen MR) is 63.1 cm³/mol. The Bertz CT molecular complexity index is 523. The van der Waals surface area contributed by atoms with Crippen LogP contribution in [0.2, 0.25) is 0 Å². The Hall–Kier alpha value is -2.50. The monoisotopic (exact) mass is 233 g/mol. The van der Waals surface area contributed by atoms with E-state index >= 15 is 0 Å². The van der Waals surface area contributed by atoms with Crippen molar-refractivity contribution in [3.05, 3.63) is 52.8 Å². The molecule has 0 bridgehead atoms. The first kappa shape index (κ1) is 11.0. The molecule has 6 heteroatoms. The van der Waals surface area contributed by atoms with Crippen LogP contribution in [-0.4, -0.2) is 16.7 Å². The average Bonchev–Trinajstić information content (AvgIpc) is 2.81. The van der Waals surface area contributed by atoms with Crippen LogP contribution in [0.4, 0.5) is 11.4 Å². The van der Waals surface area contributed by atoms with E-state index in [1.807, 2.05) is 24.5 Å². The summed E-state index contributed by atoms with van der Waals surface area (Å²) < 4.78 is 6.71. The standard InChI is InChI=1S/C11H11N3O3/c1-17-11-8-9(4-5-10(11)14(15)16)12-13-6-2-3-7-13/h2-8,12H,1H3. The van der Waals surface area contributed by atoms with Gasteiger partial charge in [-0.05, 0) is 18.2 Å². The van der Waals surface area contributed by atoms with Crippen LogP contribution in [0.1, 0.15) is 0 Å². The second-order valence-electron chi connectivity index (χ2n) is 3.35. The summed E-state index contributed by atoms with van der Waals surface area (Å²) in [5, 5.41) is 10.7. The topological polar surface area (TPSA) is 69.3 Å². The molecule has 1 N–H and O–H groups in total. The Labute approximate surface area is 97.6 Å². The highest BCUT2D eigenvalue weighted by Gasteiger charge is 2.14. The Kier molecular flexibility index (Phi) is 2.95. The number of nitro groups is 1. The van der Waals surface area contributed by atoms with Gasteiger partial charge in [0.05, 0.1) is 17.7 Å². The maximum absolute atomic E-state index is 10.7. The SMILES string of the molecule is COc1cc(Nn2cccc2)ccc1[N+](=O)[O-]. The molecule has 0 aliphatic carbocycles. The fourth-order valence-electron chi connectivity index (χ4n) is 1.46. The predicted octanol–water partition coefficient (Wildman–Crippen LogP) is 2.28. The molecule has 0 aliphatic rings. The minimum absolute atomic E-state index is 0.0504. The van der Waals surface area contributed by atoms with Gasteiger partial charge in [0.1, 0.15) is 0 Å². The molecule has 0 aliphatic heterocycles. The molecule has 0 saturated carbocycles. The van der Waals surface area contributed by atoms with Crippen molar-refractivity contribution in [1.29, 1.82) is 0 Å². The molecular formula is C11H11N3O3. The number of anilines is 1. The summed E-state index contributed by atoms with van der Waals surface area (Å²) in [5.41, 5.74) is 3.70. The molecule has 6 nitrogen and oxygen atoms in total. The van der Waals surface area contributed by atoms with Crippen LogP contribution in [0.3, 0.4) is 0 Å². The third kappa shape index (κ3) is 2.36. The molecule has 0 spiro atoms. The zero-order valence-corrected chi connectivity index (χ0v) is 9.16. The van der Waals surface area contributed by atoms with E-state index in [0.29, 0.717) is 5.69 Å². The van der Waals surface area contributed by atoms with Crippen molar-refractivity contribution in [1.82, 2.24) is 4.68 Å². The van der Waals surface area contributed by atoms with Gasteiger partial charge in [-0.2, -0.15) is 0 Å². The lowest BCUT2D eigenvalue weighted by Gasteiger charge is -2.09. The van der Waals surface area contributed by atoms with Crippen LogP contribution in [0, 0.1) is 10.1 Å². The molecule has 1 heterocycles. The molecule has 1 aromatic carbocycles. The summed E-state index contributed by atoms with van der Waals surface area (Å²) in [4.78, 5) is 10.2. The third-order valence-electron chi connectivity index (χ3n) is 2.24.